The van der Waals surface area contributed by atoms with Gasteiger partial charge in [-0.05, 0) is 56.0 Å². The van der Waals surface area contributed by atoms with Crippen LogP contribution < -0.4 is 0 Å². The van der Waals surface area contributed by atoms with Gasteiger partial charge in [0.1, 0.15) is 5.52 Å². The lowest BCUT2D eigenvalue weighted by Crippen LogP contribution is -2.51. The van der Waals surface area contributed by atoms with E-state index >= 15 is 0 Å². The molecule has 0 radical (unpaired) electrons. The number of rotatable bonds is 5. The van der Waals surface area contributed by atoms with Gasteiger partial charge in [-0.2, -0.15) is 0 Å². The summed E-state index contributed by atoms with van der Waals surface area (Å²) in [6.45, 7) is 2.95. The molecular formula is C24H24ClN3O3. The number of fused-ring (bicyclic) bond motifs is 1. The zero-order valence-electron chi connectivity index (χ0n) is 17.4. The number of carbonyl (C=O) groups is 2. The summed E-state index contributed by atoms with van der Waals surface area (Å²) in [6, 6.07) is 12.9. The molecule has 160 valence electrons. The van der Waals surface area contributed by atoms with E-state index in [0.29, 0.717) is 54.0 Å². The number of hydrogen-bond acceptors (Lipinski definition) is 5. The Labute approximate surface area is 186 Å². The van der Waals surface area contributed by atoms with Crippen LogP contribution in [-0.2, 0) is 16.0 Å². The summed E-state index contributed by atoms with van der Waals surface area (Å²) >= 11 is 6.17. The predicted molar refractivity (Wildman–Crippen MR) is 119 cm³/mol. The van der Waals surface area contributed by atoms with Crippen molar-refractivity contribution in [2.75, 3.05) is 19.7 Å². The minimum Gasteiger partial charge on any atom is -0.466 e. The van der Waals surface area contributed by atoms with Gasteiger partial charge in [0.2, 0.25) is 0 Å². The average molecular weight is 438 g/mol. The van der Waals surface area contributed by atoms with Crippen molar-refractivity contribution < 1.29 is 14.3 Å². The van der Waals surface area contributed by atoms with Gasteiger partial charge in [0.25, 0.3) is 5.91 Å². The number of esters is 1. The lowest BCUT2D eigenvalue weighted by Gasteiger charge is -2.41. The van der Waals surface area contributed by atoms with Crippen LogP contribution in [0.5, 0.6) is 0 Å². The van der Waals surface area contributed by atoms with Crippen molar-refractivity contribution in [2.24, 2.45) is 5.41 Å². The van der Waals surface area contributed by atoms with Crippen molar-refractivity contribution >= 4 is 34.5 Å². The number of halogens is 1. The smallest absolute Gasteiger partial charge is 0.314 e. The number of ether oxygens (including phenoxy) is 1. The molecule has 1 saturated heterocycles. The Balaban J connectivity index is 1.66. The molecule has 1 aliphatic rings. The highest BCUT2D eigenvalue weighted by molar-refractivity contribution is 6.30. The molecule has 1 atom stereocenters. The summed E-state index contributed by atoms with van der Waals surface area (Å²) in [5.74, 6) is -0.421. The second-order valence-electron chi connectivity index (χ2n) is 7.87. The van der Waals surface area contributed by atoms with Gasteiger partial charge in [0, 0.05) is 30.5 Å². The Morgan fingerprint density at radius 1 is 1.16 bits per heavy atom. The lowest BCUT2D eigenvalue weighted by atomic mass is 9.75. The van der Waals surface area contributed by atoms with Gasteiger partial charge in [-0.3, -0.25) is 19.6 Å². The van der Waals surface area contributed by atoms with Crippen molar-refractivity contribution in [1.29, 1.82) is 0 Å². The Kier molecular flexibility index (Phi) is 6.18. The fraction of sp³-hybridized carbons (Fsp3) is 0.333. The van der Waals surface area contributed by atoms with Crippen LogP contribution in [-0.4, -0.2) is 46.4 Å². The topological polar surface area (TPSA) is 72.4 Å². The molecule has 0 spiro atoms. The van der Waals surface area contributed by atoms with Crippen LogP contribution in [0.4, 0.5) is 0 Å². The number of carbonyl (C=O) groups excluding carboxylic acids is 2. The van der Waals surface area contributed by atoms with Gasteiger partial charge < -0.3 is 9.64 Å². The summed E-state index contributed by atoms with van der Waals surface area (Å²) in [7, 11) is 0. The first-order chi connectivity index (χ1) is 15.0. The van der Waals surface area contributed by atoms with Crippen LogP contribution in [0.15, 0.2) is 54.9 Å². The molecule has 0 saturated carbocycles. The third kappa shape index (κ3) is 4.39. The molecule has 6 nitrogen and oxygen atoms in total. The van der Waals surface area contributed by atoms with Gasteiger partial charge in [0.15, 0.2) is 0 Å². The quantitative estimate of drug-likeness (QED) is 0.556. The molecule has 0 unspecified atom stereocenters. The fourth-order valence-electron chi connectivity index (χ4n) is 4.35. The highest BCUT2D eigenvalue weighted by Crippen LogP contribution is 2.36. The van der Waals surface area contributed by atoms with Gasteiger partial charge in [-0.15, -0.1) is 0 Å². The molecule has 2 heterocycles. The molecule has 0 bridgehead atoms. The summed E-state index contributed by atoms with van der Waals surface area (Å²) in [5.41, 5.74) is 1.86. The highest BCUT2D eigenvalue weighted by Gasteiger charge is 2.45. The van der Waals surface area contributed by atoms with Crippen molar-refractivity contribution in [3.63, 3.8) is 0 Å². The van der Waals surface area contributed by atoms with E-state index in [0.717, 1.165) is 5.56 Å². The van der Waals surface area contributed by atoms with Crippen LogP contribution in [0, 0.1) is 5.41 Å². The summed E-state index contributed by atoms with van der Waals surface area (Å²) in [6.07, 6.45) is 5.01. The van der Waals surface area contributed by atoms with Gasteiger partial charge in [-0.1, -0.05) is 29.8 Å². The molecule has 2 aromatic carbocycles. The van der Waals surface area contributed by atoms with E-state index in [-0.39, 0.29) is 18.4 Å². The van der Waals surface area contributed by atoms with Crippen LogP contribution in [0.3, 0.4) is 0 Å². The molecule has 3 aromatic rings. The Hall–Kier alpha value is -2.99. The zero-order chi connectivity index (χ0) is 21.8. The largest absolute Gasteiger partial charge is 0.466 e. The Bertz CT molecular complexity index is 1110. The molecule has 1 aromatic heterocycles. The van der Waals surface area contributed by atoms with Crippen LogP contribution in [0.25, 0.3) is 11.0 Å². The van der Waals surface area contributed by atoms with Crippen LogP contribution >= 0.6 is 11.6 Å². The molecule has 1 aliphatic heterocycles. The molecule has 7 heteroatoms. The minimum absolute atomic E-state index is 0.148. The van der Waals surface area contributed by atoms with Gasteiger partial charge in [0.05, 0.1) is 23.1 Å². The van der Waals surface area contributed by atoms with E-state index in [1.165, 1.54) is 0 Å². The molecular weight excluding hydrogens is 414 g/mol. The number of benzene rings is 2. The lowest BCUT2D eigenvalue weighted by molar-refractivity contribution is -0.158. The molecule has 1 amide bonds. The van der Waals surface area contributed by atoms with E-state index < -0.39 is 5.41 Å². The predicted octanol–water partition coefficient (Wildman–Crippen LogP) is 4.31. The van der Waals surface area contributed by atoms with E-state index in [2.05, 4.69) is 9.97 Å². The molecule has 1 fully saturated rings. The summed E-state index contributed by atoms with van der Waals surface area (Å²) in [4.78, 5) is 37.0. The molecule has 0 aliphatic carbocycles. The van der Waals surface area contributed by atoms with Crippen molar-refractivity contribution in [2.45, 2.75) is 26.2 Å². The van der Waals surface area contributed by atoms with Gasteiger partial charge >= 0.3 is 5.97 Å². The maximum Gasteiger partial charge on any atom is 0.314 e. The SMILES string of the molecule is CCOC(=O)[C@]1(Cc2cccc(Cl)c2)CCCN(C(=O)c2cccc3nccnc23)C1. The Morgan fingerprint density at radius 2 is 1.97 bits per heavy atom. The number of amides is 1. The van der Waals surface area contributed by atoms with Crippen LogP contribution in [0.2, 0.25) is 5.02 Å². The van der Waals surface area contributed by atoms with Crippen molar-refractivity contribution in [3.05, 3.63) is 71.0 Å². The first-order valence-electron chi connectivity index (χ1n) is 10.4. The van der Waals surface area contributed by atoms with Gasteiger partial charge in [-0.25, -0.2) is 0 Å². The fourth-order valence-corrected chi connectivity index (χ4v) is 4.56. The molecule has 0 N–H and O–H groups in total. The van der Waals surface area contributed by atoms with E-state index in [1.807, 2.05) is 24.3 Å². The number of likely N-dealkylation sites (tertiary alicyclic amines) is 1. The first-order valence-corrected chi connectivity index (χ1v) is 10.8. The second-order valence-corrected chi connectivity index (χ2v) is 8.30. The zero-order valence-corrected chi connectivity index (χ0v) is 18.1. The van der Waals surface area contributed by atoms with Crippen molar-refractivity contribution in [1.82, 2.24) is 14.9 Å². The third-order valence-corrected chi connectivity index (χ3v) is 5.97. The number of piperidine rings is 1. The number of para-hydroxylation sites is 1. The number of aromatic nitrogens is 2. The number of hydrogen-bond donors (Lipinski definition) is 0. The minimum atomic E-state index is -0.815. The highest BCUT2D eigenvalue weighted by atomic mass is 35.5. The maximum atomic E-state index is 13.5. The average Bonchev–Trinajstić information content (AvgIpc) is 2.78. The standard InChI is InChI=1S/C24H24ClN3O3/c1-2-31-23(30)24(15-17-6-3-7-18(25)14-17)10-5-13-28(16-24)22(29)19-8-4-9-20-21(19)27-12-11-26-20/h3-4,6-9,11-12,14H,2,5,10,13,15-16H2,1H3/t24-/m0/s1. The summed E-state index contributed by atoms with van der Waals surface area (Å²) in [5, 5.41) is 0.620. The van der Waals surface area contributed by atoms with Crippen LogP contribution in [0.1, 0.15) is 35.7 Å². The third-order valence-electron chi connectivity index (χ3n) is 5.73. The van der Waals surface area contributed by atoms with Crippen molar-refractivity contribution in [3.8, 4) is 0 Å². The normalized spacial score (nSPS) is 18.7. The Morgan fingerprint density at radius 3 is 2.77 bits per heavy atom. The molecule has 4 rings (SSSR count). The molecule has 31 heavy (non-hydrogen) atoms. The monoisotopic (exact) mass is 437 g/mol. The summed E-state index contributed by atoms with van der Waals surface area (Å²) < 4.78 is 5.46. The maximum absolute atomic E-state index is 13.5. The van der Waals surface area contributed by atoms with E-state index in [1.54, 1.807) is 42.4 Å². The second kappa shape index (κ2) is 9.02. The number of nitrogens with zero attached hydrogens (tertiary/aromatic N) is 3. The first kappa shape index (κ1) is 21.2. The van der Waals surface area contributed by atoms with E-state index in [9.17, 15) is 9.59 Å². The van der Waals surface area contributed by atoms with E-state index in [4.69, 9.17) is 16.3 Å².